The fraction of sp³-hybridized carbons (Fsp3) is 0.231. The molecule has 0 amide bonds. The van der Waals surface area contributed by atoms with Crippen LogP contribution in [0.2, 0.25) is 0 Å². The Labute approximate surface area is 110 Å². The van der Waals surface area contributed by atoms with Crippen LogP contribution in [0.4, 0.5) is 5.82 Å². The molecule has 0 aliphatic carbocycles. The minimum Gasteiger partial charge on any atom is -0.477 e. The standard InChI is InChI=1S/C13H14N2O2S/c1-15(8-7-10-4-3-9-18-10)12-6-2-5-11(14-12)13(16)17/h2-6,9H,7-8H2,1H3,(H,16,17). The summed E-state index contributed by atoms with van der Waals surface area (Å²) in [5.74, 6) is -0.310. The molecule has 2 aromatic heterocycles. The fourth-order valence-corrected chi connectivity index (χ4v) is 2.30. The quantitative estimate of drug-likeness (QED) is 0.899. The van der Waals surface area contributed by atoms with Crippen molar-refractivity contribution in [2.75, 3.05) is 18.5 Å². The highest BCUT2D eigenvalue weighted by atomic mass is 32.1. The smallest absolute Gasteiger partial charge is 0.354 e. The summed E-state index contributed by atoms with van der Waals surface area (Å²) in [5, 5.41) is 10.9. The molecule has 4 nitrogen and oxygen atoms in total. The van der Waals surface area contributed by atoms with Gasteiger partial charge in [-0.2, -0.15) is 0 Å². The summed E-state index contributed by atoms with van der Waals surface area (Å²) in [6.45, 7) is 0.816. The minimum absolute atomic E-state index is 0.0791. The van der Waals surface area contributed by atoms with Crippen LogP contribution in [0.25, 0.3) is 0 Å². The molecule has 0 spiro atoms. The Bertz CT molecular complexity index is 526. The zero-order valence-corrected chi connectivity index (χ0v) is 10.9. The average molecular weight is 262 g/mol. The topological polar surface area (TPSA) is 53.4 Å². The van der Waals surface area contributed by atoms with Crippen LogP contribution < -0.4 is 4.90 Å². The van der Waals surface area contributed by atoms with Crippen LogP contribution in [0.15, 0.2) is 35.7 Å². The van der Waals surface area contributed by atoms with Crippen LogP contribution in [0, 0.1) is 0 Å². The normalized spacial score (nSPS) is 10.3. The van der Waals surface area contributed by atoms with Crippen LogP contribution in [-0.4, -0.2) is 29.7 Å². The van der Waals surface area contributed by atoms with Crippen molar-refractivity contribution in [2.24, 2.45) is 0 Å². The number of carboxylic acid groups (broad SMARTS) is 1. The SMILES string of the molecule is CN(CCc1cccs1)c1cccc(C(=O)O)n1. The summed E-state index contributed by atoms with van der Waals surface area (Å²) in [7, 11) is 1.92. The summed E-state index contributed by atoms with van der Waals surface area (Å²) in [6.07, 6.45) is 0.938. The average Bonchev–Trinajstić information content (AvgIpc) is 2.89. The largest absolute Gasteiger partial charge is 0.477 e. The number of aromatic carboxylic acids is 1. The second-order valence-corrected chi connectivity index (χ2v) is 4.97. The highest BCUT2D eigenvalue weighted by Gasteiger charge is 2.08. The molecule has 5 heteroatoms. The van der Waals surface area contributed by atoms with Crippen molar-refractivity contribution in [2.45, 2.75) is 6.42 Å². The van der Waals surface area contributed by atoms with E-state index in [1.165, 1.54) is 10.9 Å². The second-order valence-electron chi connectivity index (χ2n) is 3.94. The van der Waals surface area contributed by atoms with Gasteiger partial charge in [0.25, 0.3) is 0 Å². The van der Waals surface area contributed by atoms with Gasteiger partial charge in [0.05, 0.1) is 0 Å². The molecule has 0 unspecified atom stereocenters. The van der Waals surface area contributed by atoms with Gasteiger partial charge in [0.2, 0.25) is 0 Å². The third-order valence-corrected chi connectivity index (χ3v) is 3.55. The molecule has 0 radical (unpaired) electrons. The van der Waals surface area contributed by atoms with E-state index < -0.39 is 5.97 Å². The summed E-state index contributed by atoms with van der Waals surface area (Å²) in [6, 6.07) is 9.16. The van der Waals surface area contributed by atoms with Gasteiger partial charge < -0.3 is 10.0 Å². The number of likely N-dealkylation sites (N-methyl/N-ethyl adjacent to an activating group) is 1. The highest BCUT2D eigenvalue weighted by Crippen LogP contribution is 2.13. The molecule has 0 atom stereocenters. The Morgan fingerprint density at radius 3 is 2.89 bits per heavy atom. The molecule has 2 heterocycles. The molecule has 94 valence electrons. The first-order valence-corrected chi connectivity index (χ1v) is 6.48. The first-order valence-electron chi connectivity index (χ1n) is 5.60. The van der Waals surface area contributed by atoms with Crippen LogP contribution in [-0.2, 0) is 6.42 Å². The van der Waals surface area contributed by atoms with Crippen molar-refractivity contribution in [1.29, 1.82) is 0 Å². The summed E-state index contributed by atoms with van der Waals surface area (Å²) >= 11 is 1.73. The molecule has 0 aromatic carbocycles. The number of hydrogen-bond acceptors (Lipinski definition) is 4. The van der Waals surface area contributed by atoms with E-state index >= 15 is 0 Å². The van der Waals surface area contributed by atoms with E-state index in [4.69, 9.17) is 5.11 Å². The number of pyridine rings is 1. The van der Waals surface area contributed by atoms with Crippen molar-refractivity contribution in [3.05, 3.63) is 46.3 Å². The lowest BCUT2D eigenvalue weighted by molar-refractivity contribution is 0.0690. The van der Waals surface area contributed by atoms with Crippen LogP contribution in [0.3, 0.4) is 0 Å². The first kappa shape index (κ1) is 12.6. The molecule has 0 saturated heterocycles. The number of thiophene rings is 1. The highest BCUT2D eigenvalue weighted by molar-refractivity contribution is 7.09. The second kappa shape index (κ2) is 5.64. The van der Waals surface area contributed by atoms with Crippen LogP contribution >= 0.6 is 11.3 Å². The number of carbonyl (C=O) groups is 1. The van der Waals surface area contributed by atoms with E-state index in [1.807, 2.05) is 24.1 Å². The fourth-order valence-electron chi connectivity index (χ4n) is 1.60. The van der Waals surface area contributed by atoms with E-state index in [-0.39, 0.29) is 5.69 Å². The first-order chi connectivity index (χ1) is 8.66. The molecule has 1 N–H and O–H groups in total. The molecule has 0 saturated carbocycles. The summed E-state index contributed by atoms with van der Waals surface area (Å²) in [5.41, 5.74) is 0.0791. The van der Waals surface area contributed by atoms with Gasteiger partial charge in [-0.05, 0) is 30.0 Å². The molecular formula is C13H14N2O2S. The Morgan fingerprint density at radius 1 is 1.39 bits per heavy atom. The maximum absolute atomic E-state index is 10.8. The van der Waals surface area contributed by atoms with Crippen molar-refractivity contribution < 1.29 is 9.90 Å². The Morgan fingerprint density at radius 2 is 2.22 bits per heavy atom. The predicted octanol–water partition coefficient (Wildman–Crippen LogP) is 2.52. The molecular weight excluding hydrogens is 248 g/mol. The van der Waals surface area contributed by atoms with E-state index in [1.54, 1.807) is 17.4 Å². The van der Waals surface area contributed by atoms with Crippen molar-refractivity contribution in [3.8, 4) is 0 Å². The summed E-state index contributed by atoms with van der Waals surface area (Å²) < 4.78 is 0. The Kier molecular flexibility index (Phi) is 3.94. The van der Waals surface area contributed by atoms with Gasteiger partial charge >= 0.3 is 5.97 Å². The third-order valence-electron chi connectivity index (χ3n) is 2.62. The van der Waals surface area contributed by atoms with Crippen molar-refractivity contribution >= 4 is 23.1 Å². The summed E-state index contributed by atoms with van der Waals surface area (Å²) in [4.78, 5) is 18.2. The zero-order chi connectivity index (χ0) is 13.0. The molecule has 0 fully saturated rings. The minimum atomic E-state index is -0.997. The molecule has 2 aromatic rings. The molecule has 0 aliphatic heterocycles. The lowest BCUT2D eigenvalue weighted by Gasteiger charge is -2.17. The third kappa shape index (κ3) is 3.07. The van der Waals surface area contributed by atoms with Gasteiger partial charge in [-0.3, -0.25) is 0 Å². The van der Waals surface area contributed by atoms with Crippen LogP contribution in [0.5, 0.6) is 0 Å². The van der Waals surface area contributed by atoms with Gasteiger partial charge in [0, 0.05) is 18.5 Å². The number of hydrogen-bond donors (Lipinski definition) is 1. The maximum atomic E-state index is 10.8. The number of anilines is 1. The Hall–Kier alpha value is -1.88. The molecule has 0 bridgehead atoms. The zero-order valence-electron chi connectivity index (χ0n) is 10.0. The number of aromatic nitrogens is 1. The van der Waals surface area contributed by atoms with Crippen LogP contribution in [0.1, 0.15) is 15.4 Å². The Balaban J connectivity index is 2.02. The lowest BCUT2D eigenvalue weighted by atomic mass is 10.3. The number of carboxylic acids is 1. The van der Waals surface area contributed by atoms with Gasteiger partial charge in [0.1, 0.15) is 5.82 Å². The maximum Gasteiger partial charge on any atom is 0.354 e. The van der Waals surface area contributed by atoms with Gasteiger partial charge in [-0.15, -0.1) is 11.3 Å². The van der Waals surface area contributed by atoms with Gasteiger partial charge in [-0.25, -0.2) is 9.78 Å². The van der Waals surface area contributed by atoms with E-state index in [9.17, 15) is 4.79 Å². The van der Waals surface area contributed by atoms with E-state index in [0.29, 0.717) is 5.82 Å². The number of nitrogens with zero attached hydrogens (tertiary/aromatic N) is 2. The van der Waals surface area contributed by atoms with E-state index in [0.717, 1.165) is 13.0 Å². The monoisotopic (exact) mass is 262 g/mol. The molecule has 18 heavy (non-hydrogen) atoms. The lowest BCUT2D eigenvalue weighted by Crippen LogP contribution is -2.21. The van der Waals surface area contributed by atoms with Gasteiger partial charge in [0.15, 0.2) is 5.69 Å². The molecule has 2 rings (SSSR count). The predicted molar refractivity (Wildman–Crippen MR) is 72.5 cm³/mol. The van der Waals surface area contributed by atoms with E-state index in [2.05, 4.69) is 16.4 Å². The number of rotatable bonds is 5. The van der Waals surface area contributed by atoms with Crippen molar-refractivity contribution in [3.63, 3.8) is 0 Å². The molecule has 0 aliphatic rings. The van der Waals surface area contributed by atoms with Gasteiger partial charge in [-0.1, -0.05) is 12.1 Å². The van der Waals surface area contributed by atoms with Crippen molar-refractivity contribution in [1.82, 2.24) is 4.98 Å².